The second-order valence-electron chi connectivity index (χ2n) is 5.30. The first-order chi connectivity index (χ1) is 6.29. The Morgan fingerprint density at radius 3 is 2.07 bits per heavy atom. The van der Waals surface area contributed by atoms with Gasteiger partial charge in [-0.1, -0.05) is 0 Å². The van der Waals surface area contributed by atoms with Crippen LogP contribution in [0.25, 0.3) is 0 Å². The van der Waals surface area contributed by atoms with Crippen molar-refractivity contribution in [3.8, 4) is 0 Å². The van der Waals surface area contributed by atoms with Crippen molar-refractivity contribution in [2.24, 2.45) is 0 Å². The predicted octanol–water partition coefficient (Wildman–Crippen LogP) is 1.35. The highest BCUT2D eigenvalue weighted by atomic mass is 16.3. The van der Waals surface area contributed by atoms with Crippen LogP contribution >= 0.6 is 0 Å². The number of rotatable bonds is 1. The van der Waals surface area contributed by atoms with Crippen LogP contribution in [0, 0.1) is 0 Å². The molecule has 0 radical (unpaired) electrons. The lowest BCUT2D eigenvalue weighted by atomic mass is 9.78. The van der Waals surface area contributed by atoms with E-state index < -0.39 is 0 Å². The average molecular weight is 197 g/mol. The first-order valence-electron chi connectivity index (χ1n) is 4.98. The van der Waals surface area contributed by atoms with Gasteiger partial charge in [0.1, 0.15) is 5.94 Å². The Morgan fingerprint density at radius 2 is 1.71 bits per heavy atom. The lowest BCUT2D eigenvalue weighted by Crippen LogP contribution is -2.59. The van der Waals surface area contributed by atoms with E-state index in [1.807, 2.05) is 38.5 Å². The van der Waals surface area contributed by atoms with Gasteiger partial charge < -0.3 is 10.0 Å². The molecule has 0 spiro atoms. The molecule has 1 fully saturated rings. The number of hydrogen-bond acceptors (Lipinski definition) is 3. The molecule has 1 aliphatic rings. The van der Waals surface area contributed by atoms with E-state index in [4.69, 9.17) is 0 Å². The molecule has 1 rings (SSSR count). The van der Waals surface area contributed by atoms with Crippen molar-refractivity contribution in [2.75, 3.05) is 0 Å². The Hall–Kier alpha value is -0.790. The van der Waals surface area contributed by atoms with E-state index in [-0.39, 0.29) is 17.2 Å². The molecule has 3 nitrogen and oxygen atoms in total. The van der Waals surface area contributed by atoms with Gasteiger partial charge in [-0.05, 0) is 40.5 Å². The van der Waals surface area contributed by atoms with Gasteiger partial charge in [-0.2, -0.15) is 0 Å². The molecule has 1 aliphatic heterocycles. The van der Waals surface area contributed by atoms with E-state index in [9.17, 15) is 9.90 Å². The van der Waals surface area contributed by atoms with Crippen LogP contribution in [0.15, 0.2) is 6.20 Å². The summed E-state index contributed by atoms with van der Waals surface area (Å²) in [6.45, 7) is 8.13. The van der Waals surface area contributed by atoms with E-state index in [2.05, 4.69) is 0 Å². The molecule has 0 atom stereocenters. The molecule has 0 unspecified atom stereocenters. The minimum atomic E-state index is -0.281. The normalized spacial score (nSPS) is 25.6. The molecule has 1 saturated heterocycles. The maximum atomic E-state index is 10.4. The molecule has 0 saturated carbocycles. The van der Waals surface area contributed by atoms with Crippen molar-refractivity contribution >= 4 is 5.94 Å². The van der Waals surface area contributed by atoms with Gasteiger partial charge in [0.15, 0.2) is 0 Å². The number of hydrogen-bond donors (Lipinski definition) is 1. The molecule has 0 bridgehead atoms. The van der Waals surface area contributed by atoms with Gasteiger partial charge in [-0.15, -0.1) is 0 Å². The fourth-order valence-electron chi connectivity index (χ4n) is 2.64. The zero-order valence-electron chi connectivity index (χ0n) is 9.37. The molecule has 0 aromatic heterocycles. The minimum Gasteiger partial charge on any atom is -0.393 e. The van der Waals surface area contributed by atoms with E-state index in [0.29, 0.717) is 12.8 Å². The monoisotopic (exact) mass is 197 g/mol. The molecule has 80 valence electrons. The summed E-state index contributed by atoms with van der Waals surface area (Å²) in [6.07, 6.45) is 2.56. The second kappa shape index (κ2) is 3.41. The lowest BCUT2D eigenvalue weighted by molar-refractivity contribution is -0.0494. The van der Waals surface area contributed by atoms with Crippen molar-refractivity contribution in [1.29, 1.82) is 0 Å². The Labute approximate surface area is 85.4 Å². The van der Waals surface area contributed by atoms with E-state index >= 15 is 0 Å². The van der Waals surface area contributed by atoms with Crippen molar-refractivity contribution in [3.63, 3.8) is 0 Å². The molecule has 3 heteroatoms. The van der Waals surface area contributed by atoms with Gasteiger partial charge >= 0.3 is 0 Å². The number of likely N-dealkylation sites (tertiary alicyclic amines) is 1. The van der Waals surface area contributed by atoms with Crippen LogP contribution in [0.1, 0.15) is 40.5 Å². The van der Waals surface area contributed by atoms with Crippen molar-refractivity contribution in [2.45, 2.75) is 57.7 Å². The number of aliphatic hydroxyl groups is 1. The SMILES string of the molecule is CC1(C)CC(O)CC(C)(C)N1C=C=O. The molecule has 1 N–H and O–H groups in total. The van der Waals surface area contributed by atoms with E-state index in [1.54, 1.807) is 0 Å². The largest absolute Gasteiger partial charge is 0.393 e. The van der Waals surface area contributed by atoms with Crippen LogP contribution in [0.5, 0.6) is 0 Å². The zero-order chi connectivity index (χ0) is 11.0. The quantitative estimate of drug-likeness (QED) is 0.645. The Kier molecular flexibility index (Phi) is 2.75. The number of carbonyl (C=O) groups excluding carboxylic acids is 1. The van der Waals surface area contributed by atoms with Crippen molar-refractivity contribution in [1.82, 2.24) is 4.90 Å². The molecule has 0 aromatic rings. The summed E-state index contributed by atoms with van der Waals surface area (Å²) in [5.74, 6) is 1.83. The fourth-order valence-corrected chi connectivity index (χ4v) is 2.64. The van der Waals surface area contributed by atoms with Gasteiger partial charge in [0, 0.05) is 11.1 Å². The van der Waals surface area contributed by atoms with Crippen LogP contribution < -0.4 is 0 Å². The third-order valence-corrected chi connectivity index (χ3v) is 2.96. The average Bonchev–Trinajstić information content (AvgIpc) is 1.94. The number of aliphatic hydroxyl groups excluding tert-OH is 1. The molecule has 0 aromatic carbocycles. The standard InChI is InChI=1S/C11H19NO2/c1-10(2)7-9(14)8-11(3,4)12(10)5-6-13/h5,9,14H,7-8H2,1-4H3. The van der Waals surface area contributed by atoms with Gasteiger partial charge in [0.25, 0.3) is 0 Å². The predicted molar refractivity (Wildman–Crippen MR) is 55.5 cm³/mol. The molecule has 1 heterocycles. The highest BCUT2D eigenvalue weighted by Crippen LogP contribution is 2.38. The fraction of sp³-hybridized carbons (Fsp3) is 0.818. The van der Waals surface area contributed by atoms with Crippen LogP contribution in [0.4, 0.5) is 0 Å². The molecule has 0 aliphatic carbocycles. The second-order valence-corrected chi connectivity index (χ2v) is 5.30. The van der Waals surface area contributed by atoms with Gasteiger partial charge in [-0.3, -0.25) is 0 Å². The van der Waals surface area contributed by atoms with Gasteiger partial charge in [-0.25, -0.2) is 4.79 Å². The summed E-state index contributed by atoms with van der Waals surface area (Å²) in [6, 6.07) is 0. The summed E-state index contributed by atoms with van der Waals surface area (Å²) in [5, 5.41) is 9.73. The molecule has 0 amide bonds. The summed E-state index contributed by atoms with van der Waals surface area (Å²) in [5.41, 5.74) is -0.364. The maximum absolute atomic E-state index is 10.4. The van der Waals surface area contributed by atoms with Crippen LogP contribution in [0.2, 0.25) is 0 Å². The Bertz CT molecular complexity index is 246. The Morgan fingerprint density at radius 1 is 1.29 bits per heavy atom. The minimum absolute atomic E-state index is 0.182. The molecular formula is C11H19NO2. The van der Waals surface area contributed by atoms with Gasteiger partial charge in [0.05, 0.1) is 12.3 Å². The van der Waals surface area contributed by atoms with Crippen LogP contribution in [-0.4, -0.2) is 33.1 Å². The summed E-state index contributed by atoms with van der Waals surface area (Å²) in [7, 11) is 0. The third kappa shape index (κ3) is 1.99. The summed E-state index contributed by atoms with van der Waals surface area (Å²) in [4.78, 5) is 12.4. The highest BCUT2D eigenvalue weighted by Gasteiger charge is 2.43. The first-order valence-corrected chi connectivity index (χ1v) is 4.98. The highest BCUT2D eigenvalue weighted by molar-refractivity contribution is 5.45. The first kappa shape index (κ1) is 11.3. The topological polar surface area (TPSA) is 40.5 Å². The molecular weight excluding hydrogens is 178 g/mol. The van der Waals surface area contributed by atoms with E-state index in [1.165, 1.54) is 6.20 Å². The number of nitrogens with zero attached hydrogens (tertiary/aromatic N) is 1. The maximum Gasteiger partial charge on any atom is 0.142 e. The van der Waals surface area contributed by atoms with Crippen LogP contribution in [-0.2, 0) is 4.79 Å². The van der Waals surface area contributed by atoms with Crippen LogP contribution in [0.3, 0.4) is 0 Å². The van der Waals surface area contributed by atoms with Crippen molar-refractivity contribution < 1.29 is 9.90 Å². The zero-order valence-corrected chi connectivity index (χ0v) is 9.37. The Balaban J connectivity index is 3.02. The van der Waals surface area contributed by atoms with Crippen molar-refractivity contribution in [3.05, 3.63) is 6.20 Å². The molecule has 14 heavy (non-hydrogen) atoms. The van der Waals surface area contributed by atoms with Gasteiger partial charge in [0.2, 0.25) is 0 Å². The number of piperidine rings is 1. The summed E-state index contributed by atoms with van der Waals surface area (Å²) < 4.78 is 0. The van der Waals surface area contributed by atoms with E-state index in [0.717, 1.165) is 0 Å². The lowest BCUT2D eigenvalue weighted by Gasteiger charge is -2.53. The smallest absolute Gasteiger partial charge is 0.142 e. The summed E-state index contributed by atoms with van der Waals surface area (Å²) >= 11 is 0. The third-order valence-electron chi connectivity index (χ3n) is 2.96.